The summed E-state index contributed by atoms with van der Waals surface area (Å²) < 4.78 is 14.1. The van der Waals surface area contributed by atoms with Crippen molar-refractivity contribution in [2.24, 2.45) is 0 Å². The monoisotopic (exact) mass is 641 g/mol. The molecule has 0 unspecified atom stereocenters. The Kier molecular flexibility index (Phi) is 9.29. The third kappa shape index (κ3) is 6.94. The lowest BCUT2D eigenvalue weighted by Gasteiger charge is -2.17. The van der Waals surface area contributed by atoms with Gasteiger partial charge in [-0.15, -0.1) is 6.58 Å². The molecule has 3 aromatic carbocycles. The summed E-state index contributed by atoms with van der Waals surface area (Å²) in [6, 6.07) is 19.3. The first kappa shape index (κ1) is 27.2. The molecular formula is C29H25Br2NO4S. The van der Waals surface area contributed by atoms with Crippen LogP contribution in [0.2, 0.25) is 0 Å². The zero-order chi connectivity index (χ0) is 26.4. The topological polar surface area (TPSA) is 55.8 Å². The SMILES string of the molecule is C=CCc1cc(/C=C2\SC(=O)N(Cc3ccc(Br)cc3)C2=O)cc(OCC)c1OCc1ccc(Br)cc1. The van der Waals surface area contributed by atoms with Gasteiger partial charge < -0.3 is 9.47 Å². The van der Waals surface area contributed by atoms with E-state index >= 15 is 0 Å². The molecule has 8 heteroatoms. The average Bonchev–Trinajstić information content (AvgIpc) is 3.13. The van der Waals surface area contributed by atoms with E-state index in [4.69, 9.17) is 9.47 Å². The molecule has 0 aromatic heterocycles. The molecule has 0 N–H and O–H groups in total. The standard InChI is InChI=1S/C29H25Br2NO4S/c1-3-5-22-14-21(15-25(35-4-2)27(22)36-18-20-8-12-24(31)13-9-20)16-26-28(33)32(29(34)37-26)17-19-6-10-23(30)11-7-19/h3,6-16H,1,4-5,17-18H2,2H3/b26-16-. The van der Waals surface area contributed by atoms with E-state index in [-0.39, 0.29) is 17.7 Å². The lowest BCUT2D eigenvalue weighted by molar-refractivity contribution is -0.123. The minimum Gasteiger partial charge on any atom is -0.490 e. The minimum absolute atomic E-state index is 0.226. The number of carbonyl (C=O) groups is 2. The average molecular weight is 643 g/mol. The molecule has 4 rings (SSSR count). The zero-order valence-corrected chi connectivity index (χ0v) is 24.2. The van der Waals surface area contributed by atoms with Gasteiger partial charge in [-0.25, -0.2) is 0 Å². The number of nitrogens with zero attached hydrogens (tertiary/aromatic N) is 1. The van der Waals surface area contributed by atoms with Crippen LogP contribution < -0.4 is 9.47 Å². The number of rotatable bonds is 10. The molecule has 0 spiro atoms. The minimum atomic E-state index is -0.309. The zero-order valence-electron chi connectivity index (χ0n) is 20.2. The fourth-order valence-electron chi connectivity index (χ4n) is 3.80. The van der Waals surface area contributed by atoms with Crippen LogP contribution in [0.1, 0.15) is 29.2 Å². The van der Waals surface area contributed by atoms with Crippen molar-refractivity contribution in [3.63, 3.8) is 0 Å². The third-order valence-electron chi connectivity index (χ3n) is 5.54. The third-order valence-corrected chi connectivity index (χ3v) is 7.50. The Balaban J connectivity index is 1.60. The highest BCUT2D eigenvalue weighted by Gasteiger charge is 2.35. The lowest BCUT2D eigenvalue weighted by atomic mass is 10.0. The predicted octanol–water partition coefficient (Wildman–Crippen LogP) is 8.15. The van der Waals surface area contributed by atoms with Crippen LogP contribution in [-0.2, 0) is 24.4 Å². The second-order valence-electron chi connectivity index (χ2n) is 8.24. The number of imide groups is 1. The van der Waals surface area contributed by atoms with E-state index in [9.17, 15) is 9.59 Å². The highest BCUT2D eigenvalue weighted by molar-refractivity contribution is 9.10. The number of halogens is 2. The van der Waals surface area contributed by atoms with E-state index in [1.165, 1.54) is 4.90 Å². The highest BCUT2D eigenvalue weighted by atomic mass is 79.9. The second-order valence-corrected chi connectivity index (χ2v) is 11.1. The number of carbonyl (C=O) groups excluding carboxylic acids is 2. The van der Waals surface area contributed by atoms with Gasteiger partial charge in [0.15, 0.2) is 11.5 Å². The molecule has 1 heterocycles. The van der Waals surface area contributed by atoms with E-state index in [2.05, 4.69) is 38.4 Å². The Morgan fingerprint density at radius 1 is 0.946 bits per heavy atom. The van der Waals surface area contributed by atoms with Gasteiger partial charge in [-0.3, -0.25) is 14.5 Å². The Morgan fingerprint density at radius 3 is 2.22 bits per heavy atom. The number of allylic oxidation sites excluding steroid dienone is 1. The smallest absolute Gasteiger partial charge is 0.293 e. The van der Waals surface area contributed by atoms with Crippen LogP contribution in [0.5, 0.6) is 11.5 Å². The van der Waals surface area contributed by atoms with E-state index in [0.717, 1.165) is 43.0 Å². The molecular weight excluding hydrogens is 618 g/mol. The van der Waals surface area contributed by atoms with E-state index in [1.807, 2.05) is 67.6 Å². The molecule has 0 bridgehead atoms. The summed E-state index contributed by atoms with van der Waals surface area (Å²) in [5.41, 5.74) is 3.55. The van der Waals surface area contributed by atoms with Crippen molar-refractivity contribution in [3.05, 3.63) is 109 Å². The van der Waals surface area contributed by atoms with Crippen LogP contribution in [-0.4, -0.2) is 22.7 Å². The summed E-state index contributed by atoms with van der Waals surface area (Å²) in [7, 11) is 0. The van der Waals surface area contributed by atoms with Crippen molar-refractivity contribution in [2.75, 3.05) is 6.61 Å². The van der Waals surface area contributed by atoms with Crippen molar-refractivity contribution in [1.82, 2.24) is 4.90 Å². The molecule has 2 amide bonds. The Labute approximate surface area is 237 Å². The summed E-state index contributed by atoms with van der Waals surface area (Å²) in [4.78, 5) is 27.4. The Hall–Kier alpha value is -2.81. The van der Waals surface area contributed by atoms with E-state index in [1.54, 1.807) is 12.2 Å². The molecule has 5 nitrogen and oxygen atoms in total. The van der Waals surface area contributed by atoms with Crippen LogP contribution >= 0.6 is 43.6 Å². The van der Waals surface area contributed by atoms with Crippen molar-refractivity contribution >= 4 is 60.8 Å². The maximum Gasteiger partial charge on any atom is 0.293 e. The molecule has 37 heavy (non-hydrogen) atoms. The molecule has 0 saturated carbocycles. The van der Waals surface area contributed by atoms with Gasteiger partial charge in [0.25, 0.3) is 11.1 Å². The van der Waals surface area contributed by atoms with Crippen LogP contribution in [0.3, 0.4) is 0 Å². The van der Waals surface area contributed by atoms with Crippen molar-refractivity contribution in [3.8, 4) is 11.5 Å². The number of ether oxygens (including phenoxy) is 2. The van der Waals surface area contributed by atoms with Crippen LogP contribution in [0.15, 0.2) is 87.2 Å². The highest BCUT2D eigenvalue weighted by Crippen LogP contribution is 2.38. The quantitative estimate of drug-likeness (QED) is 0.165. The molecule has 0 radical (unpaired) electrons. The molecule has 1 fully saturated rings. The molecule has 0 atom stereocenters. The predicted molar refractivity (Wildman–Crippen MR) is 156 cm³/mol. The maximum absolute atomic E-state index is 13.1. The Morgan fingerprint density at radius 2 is 1.59 bits per heavy atom. The Bertz CT molecular complexity index is 1340. The first-order valence-corrected chi connectivity index (χ1v) is 14.1. The van der Waals surface area contributed by atoms with Crippen LogP contribution in [0.25, 0.3) is 6.08 Å². The number of benzene rings is 3. The summed E-state index contributed by atoms with van der Waals surface area (Å²) in [6.45, 7) is 6.85. The largest absolute Gasteiger partial charge is 0.490 e. The molecule has 3 aromatic rings. The fraction of sp³-hybridized carbons (Fsp3) is 0.172. The van der Waals surface area contributed by atoms with Crippen LogP contribution in [0, 0.1) is 0 Å². The van der Waals surface area contributed by atoms with Gasteiger partial charge >= 0.3 is 0 Å². The van der Waals surface area contributed by atoms with Gasteiger partial charge in [-0.05, 0) is 84.3 Å². The number of amides is 2. The van der Waals surface area contributed by atoms with Crippen LogP contribution in [0.4, 0.5) is 4.79 Å². The number of hydrogen-bond acceptors (Lipinski definition) is 5. The first-order chi connectivity index (χ1) is 17.9. The molecule has 190 valence electrons. The normalized spacial score (nSPS) is 14.4. The second kappa shape index (κ2) is 12.6. The summed E-state index contributed by atoms with van der Waals surface area (Å²) >= 11 is 7.80. The van der Waals surface area contributed by atoms with Gasteiger partial charge in [0.1, 0.15) is 6.61 Å². The first-order valence-electron chi connectivity index (χ1n) is 11.7. The molecule has 1 saturated heterocycles. The summed E-state index contributed by atoms with van der Waals surface area (Å²) in [6.07, 6.45) is 4.09. The van der Waals surface area contributed by atoms with E-state index in [0.29, 0.717) is 36.0 Å². The lowest BCUT2D eigenvalue weighted by Crippen LogP contribution is -2.27. The maximum atomic E-state index is 13.1. The van der Waals surface area contributed by atoms with Crippen molar-refractivity contribution in [2.45, 2.75) is 26.5 Å². The van der Waals surface area contributed by atoms with Gasteiger partial charge in [-0.2, -0.15) is 0 Å². The molecule has 0 aliphatic carbocycles. The fourth-order valence-corrected chi connectivity index (χ4v) is 5.16. The molecule has 1 aliphatic rings. The summed E-state index contributed by atoms with van der Waals surface area (Å²) in [5.74, 6) is 0.918. The number of thioether (sulfide) groups is 1. The summed E-state index contributed by atoms with van der Waals surface area (Å²) in [5, 5.41) is -0.287. The van der Waals surface area contributed by atoms with E-state index < -0.39 is 0 Å². The van der Waals surface area contributed by atoms with Gasteiger partial charge in [0.2, 0.25) is 0 Å². The van der Waals surface area contributed by atoms with Gasteiger partial charge in [0.05, 0.1) is 18.1 Å². The number of hydrogen-bond donors (Lipinski definition) is 0. The molecule has 1 aliphatic heterocycles. The van der Waals surface area contributed by atoms with Gasteiger partial charge in [0, 0.05) is 14.5 Å². The van der Waals surface area contributed by atoms with Crippen molar-refractivity contribution in [1.29, 1.82) is 0 Å². The van der Waals surface area contributed by atoms with Gasteiger partial charge in [-0.1, -0.05) is 62.2 Å². The van der Waals surface area contributed by atoms with Crippen molar-refractivity contribution < 1.29 is 19.1 Å².